The molecule has 7 aromatic rings. The Morgan fingerprint density at radius 3 is 2.19 bits per heavy atom. The summed E-state index contributed by atoms with van der Waals surface area (Å²) in [6, 6.07) is 23.9. The number of rotatable bonds is 4. The third-order valence-corrected chi connectivity index (χ3v) is 9.92. The van der Waals surface area contributed by atoms with Crippen molar-refractivity contribution in [3.05, 3.63) is 83.6 Å². The second kappa shape index (κ2) is 9.42. The van der Waals surface area contributed by atoms with Crippen molar-refractivity contribution in [1.82, 2.24) is 9.38 Å². The molecule has 2 heteroatoms. The number of pyridine rings is 2. The van der Waals surface area contributed by atoms with Gasteiger partial charge in [-0.1, -0.05) is 104 Å². The monoisotopic (exact) mass is 564 g/mol. The zero-order valence-corrected chi connectivity index (χ0v) is 26.8. The first-order chi connectivity index (χ1) is 20.5. The maximum absolute atomic E-state index is 5.13. The summed E-state index contributed by atoms with van der Waals surface area (Å²) in [6.45, 7) is 14.1. The molecule has 0 bridgehead atoms. The van der Waals surface area contributed by atoms with Crippen molar-refractivity contribution in [2.24, 2.45) is 16.7 Å². The maximum Gasteiger partial charge on any atom is 0.0823 e. The number of fused-ring (bicyclic) bond motifs is 7. The van der Waals surface area contributed by atoms with Crippen molar-refractivity contribution in [3.63, 3.8) is 0 Å². The van der Waals surface area contributed by atoms with E-state index in [4.69, 9.17) is 4.98 Å². The normalized spacial score (nSPS) is 15.5. The van der Waals surface area contributed by atoms with Gasteiger partial charge < -0.3 is 4.40 Å². The summed E-state index contributed by atoms with van der Waals surface area (Å²) in [5.41, 5.74) is 9.87. The summed E-state index contributed by atoms with van der Waals surface area (Å²) in [6.07, 6.45) is 10.8. The summed E-state index contributed by atoms with van der Waals surface area (Å²) in [5, 5.41) is 9.31. The summed E-state index contributed by atoms with van der Waals surface area (Å²) >= 11 is 0. The molecule has 1 saturated carbocycles. The summed E-state index contributed by atoms with van der Waals surface area (Å²) in [4.78, 5) is 5.13. The van der Waals surface area contributed by atoms with Crippen LogP contribution in [0.25, 0.3) is 59.8 Å². The van der Waals surface area contributed by atoms with Crippen molar-refractivity contribution < 1.29 is 0 Å². The van der Waals surface area contributed by atoms with Crippen molar-refractivity contribution >= 4 is 59.8 Å². The predicted octanol–water partition coefficient (Wildman–Crippen LogP) is 11.4. The van der Waals surface area contributed by atoms with E-state index >= 15 is 0 Å². The maximum atomic E-state index is 5.13. The third kappa shape index (κ3) is 4.48. The second-order valence-corrected chi connectivity index (χ2v) is 16.0. The first-order valence-electron chi connectivity index (χ1n) is 16.5. The fraction of sp³-hybridized carbons (Fsp3) is 0.390. The number of aromatic nitrogens is 2. The van der Waals surface area contributed by atoms with E-state index in [1.807, 2.05) is 6.20 Å². The quantitative estimate of drug-likeness (QED) is 0.153. The van der Waals surface area contributed by atoms with Crippen LogP contribution < -0.4 is 0 Å². The molecular weight excluding hydrogens is 520 g/mol. The van der Waals surface area contributed by atoms with E-state index < -0.39 is 0 Å². The average molecular weight is 565 g/mol. The van der Waals surface area contributed by atoms with E-state index in [-0.39, 0.29) is 10.8 Å². The molecule has 0 spiro atoms. The number of nitrogens with zero attached hydrogens (tertiary/aromatic N) is 2. The lowest BCUT2D eigenvalue weighted by atomic mass is 9.83. The van der Waals surface area contributed by atoms with E-state index in [0.717, 1.165) is 24.3 Å². The van der Waals surface area contributed by atoms with Gasteiger partial charge in [-0.2, -0.15) is 0 Å². The van der Waals surface area contributed by atoms with E-state index in [1.54, 1.807) is 0 Å². The largest absolute Gasteiger partial charge is 0.308 e. The van der Waals surface area contributed by atoms with E-state index in [0.29, 0.717) is 0 Å². The fourth-order valence-corrected chi connectivity index (χ4v) is 8.31. The lowest BCUT2D eigenvalue weighted by Crippen LogP contribution is -2.12. The Morgan fingerprint density at radius 2 is 1.42 bits per heavy atom. The smallest absolute Gasteiger partial charge is 0.0823 e. The van der Waals surface area contributed by atoms with Gasteiger partial charge in [-0.3, -0.25) is 4.98 Å². The van der Waals surface area contributed by atoms with Gasteiger partial charge in [0.2, 0.25) is 0 Å². The van der Waals surface area contributed by atoms with Gasteiger partial charge in [0.25, 0.3) is 0 Å². The lowest BCUT2D eigenvalue weighted by molar-refractivity contribution is 0.411. The SMILES string of the molecule is CC(C)(C)Cc1ccc2c(CC(C)(C)C)c3c(cc2c1)c1nccc2ccc4c5cc(CC6CCCC6)ccc5n3c4c21. The first kappa shape index (κ1) is 26.9. The van der Waals surface area contributed by atoms with Gasteiger partial charge in [-0.25, -0.2) is 0 Å². The molecule has 0 amide bonds. The fourth-order valence-electron chi connectivity index (χ4n) is 8.31. The topological polar surface area (TPSA) is 17.3 Å². The van der Waals surface area contributed by atoms with Crippen LogP contribution in [0.3, 0.4) is 0 Å². The van der Waals surface area contributed by atoms with Crippen molar-refractivity contribution in [3.8, 4) is 0 Å². The van der Waals surface area contributed by atoms with Gasteiger partial charge in [0.05, 0.1) is 22.1 Å². The van der Waals surface area contributed by atoms with Gasteiger partial charge >= 0.3 is 0 Å². The van der Waals surface area contributed by atoms with Crippen LogP contribution in [0.5, 0.6) is 0 Å². The molecule has 0 aliphatic heterocycles. The molecule has 0 saturated heterocycles. The van der Waals surface area contributed by atoms with Gasteiger partial charge in [0.15, 0.2) is 0 Å². The van der Waals surface area contributed by atoms with Crippen LogP contribution in [0.15, 0.2) is 66.9 Å². The molecule has 0 atom stereocenters. The summed E-state index contributed by atoms with van der Waals surface area (Å²) in [7, 11) is 0. The highest BCUT2D eigenvalue weighted by atomic mass is 14.9. The van der Waals surface area contributed by atoms with Crippen LogP contribution in [-0.2, 0) is 19.3 Å². The molecule has 2 nitrogen and oxygen atoms in total. The van der Waals surface area contributed by atoms with Crippen LogP contribution in [0.2, 0.25) is 0 Å². The molecule has 218 valence electrons. The molecule has 8 rings (SSSR count). The van der Waals surface area contributed by atoms with Gasteiger partial charge in [-0.15, -0.1) is 0 Å². The average Bonchev–Trinajstić information content (AvgIpc) is 3.57. The highest BCUT2D eigenvalue weighted by Crippen LogP contribution is 2.44. The Labute approximate surface area is 255 Å². The molecule has 43 heavy (non-hydrogen) atoms. The van der Waals surface area contributed by atoms with Crippen molar-refractivity contribution in [1.29, 1.82) is 0 Å². The summed E-state index contributed by atoms with van der Waals surface area (Å²) in [5.74, 6) is 0.840. The second-order valence-electron chi connectivity index (χ2n) is 16.0. The minimum atomic E-state index is 0.138. The number of hydrogen-bond donors (Lipinski definition) is 0. The van der Waals surface area contributed by atoms with Crippen LogP contribution in [0.4, 0.5) is 0 Å². The highest BCUT2D eigenvalue weighted by molar-refractivity contribution is 6.29. The van der Waals surface area contributed by atoms with E-state index in [1.165, 1.54) is 103 Å². The Balaban J connectivity index is 1.52. The Hall–Kier alpha value is -3.65. The van der Waals surface area contributed by atoms with Gasteiger partial charge in [0.1, 0.15) is 0 Å². The highest BCUT2D eigenvalue weighted by Gasteiger charge is 2.25. The van der Waals surface area contributed by atoms with Crippen LogP contribution in [-0.4, -0.2) is 9.38 Å². The van der Waals surface area contributed by atoms with Crippen LogP contribution in [0.1, 0.15) is 83.9 Å². The Bertz CT molecular complexity index is 2170. The summed E-state index contributed by atoms with van der Waals surface area (Å²) < 4.78 is 2.62. The molecule has 1 aliphatic rings. The van der Waals surface area contributed by atoms with E-state index in [9.17, 15) is 0 Å². The zero-order valence-electron chi connectivity index (χ0n) is 26.8. The molecule has 0 unspecified atom stereocenters. The van der Waals surface area contributed by atoms with Crippen molar-refractivity contribution in [2.75, 3.05) is 0 Å². The molecule has 1 fully saturated rings. The standard InChI is InChI=1S/C41H44N2/c1-40(2,3)23-27-11-14-30-29(20-27)22-33-37-36-28(17-18-42-37)13-15-31-32-21-26(19-25-9-7-8-10-25)12-16-35(32)43(39(31)36)38(33)34(30)24-41(4,5)6/h11-18,20-22,25H,7-10,19,23-24H2,1-6H3. The molecule has 0 radical (unpaired) electrons. The minimum Gasteiger partial charge on any atom is -0.308 e. The molecule has 3 aromatic heterocycles. The predicted molar refractivity (Wildman–Crippen MR) is 186 cm³/mol. The Morgan fingerprint density at radius 1 is 0.674 bits per heavy atom. The molecule has 1 aliphatic carbocycles. The molecule has 3 heterocycles. The van der Waals surface area contributed by atoms with Gasteiger partial charge in [0, 0.05) is 27.7 Å². The zero-order chi connectivity index (χ0) is 29.7. The van der Waals surface area contributed by atoms with Crippen molar-refractivity contribution in [2.45, 2.75) is 86.5 Å². The molecule has 4 aromatic carbocycles. The lowest BCUT2D eigenvalue weighted by Gasteiger charge is -2.24. The molecule has 0 N–H and O–H groups in total. The third-order valence-electron chi connectivity index (χ3n) is 9.92. The van der Waals surface area contributed by atoms with Crippen LogP contribution >= 0.6 is 0 Å². The minimum absolute atomic E-state index is 0.138. The Kier molecular flexibility index (Phi) is 5.90. The number of hydrogen-bond acceptors (Lipinski definition) is 1. The molecular formula is C41H44N2. The first-order valence-corrected chi connectivity index (χ1v) is 16.5. The van der Waals surface area contributed by atoms with Gasteiger partial charge in [-0.05, 0) is 93.1 Å². The van der Waals surface area contributed by atoms with E-state index in [2.05, 4.69) is 107 Å². The van der Waals surface area contributed by atoms with Crippen LogP contribution in [0, 0.1) is 16.7 Å². The number of benzene rings is 4.